The van der Waals surface area contributed by atoms with Gasteiger partial charge in [-0.1, -0.05) is 62.1 Å². The number of rotatable bonds is 9. The highest BCUT2D eigenvalue weighted by Gasteiger charge is 2.21. The molecule has 2 aromatic rings. The number of carbonyl (C=O) groups is 3. The molecule has 3 N–H and O–H groups in total. The van der Waals surface area contributed by atoms with Gasteiger partial charge in [-0.3, -0.25) is 19.3 Å². The average Bonchev–Trinajstić information content (AvgIpc) is 3.07. The number of hydrogen-bond donors (Lipinski definition) is 3. The summed E-state index contributed by atoms with van der Waals surface area (Å²) >= 11 is 0. The van der Waals surface area contributed by atoms with Crippen LogP contribution in [-0.4, -0.2) is 48.3 Å². The van der Waals surface area contributed by atoms with Gasteiger partial charge in [-0.25, -0.2) is 0 Å². The second-order valence-corrected chi connectivity index (χ2v) is 10.0. The monoisotopic (exact) mass is 492 g/mol. The number of hydrogen-bond acceptors (Lipinski definition) is 4. The third-order valence-electron chi connectivity index (χ3n) is 6.81. The fourth-order valence-corrected chi connectivity index (χ4v) is 4.86. The summed E-state index contributed by atoms with van der Waals surface area (Å²) in [6, 6.07) is 11.8. The smallest absolute Gasteiger partial charge is 0.238 e. The zero-order valence-corrected chi connectivity index (χ0v) is 22.1. The van der Waals surface area contributed by atoms with Gasteiger partial charge >= 0.3 is 0 Å². The largest absolute Gasteiger partial charge is 0.352 e. The number of anilines is 2. The van der Waals surface area contributed by atoms with Crippen molar-refractivity contribution in [3.8, 4) is 0 Å². The SMILES string of the molecule is Cc1cccc(C)c1NC(=O)CN(CC(=O)Nc1c(C)cccc1C)CC(=O)NC1CCCCCC1. The van der Waals surface area contributed by atoms with Crippen LogP contribution >= 0.6 is 0 Å². The minimum atomic E-state index is -0.255. The molecule has 0 saturated heterocycles. The zero-order chi connectivity index (χ0) is 26.1. The van der Waals surface area contributed by atoms with Crippen molar-refractivity contribution in [3.05, 3.63) is 58.7 Å². The maximum Gasteiger partial charge on any atom is 0.238 e. The van der Waals surface area contributed by atoms with E-state index in [4.69, 9.17) is 0 Å². The van der Waals surface area contributed by atoms with Gasteiger partial charge in [0.25, 0.3) is 0 Å². The highest BCUT2D eigenvalue weighted by atomic mass is 16.2. The highest BCUT2D eigenvalue weighted by Crippen LogP contribution is 2.21. The average molecular weight is 493 g/mol. The van der Waals surface area contributed by atoms with Gasteiger partial charge in [-0.05, 0) is 62.8 Å². The number of carbonyl (C=O) groups excluding carboxylic acids is 3. The Hall–Kier alpha value is -3.19. The topological polar surface area (TPSA) is 90.5 Å². The van der Waals surface area contributed by atoms with Crippen LogP contribution in [0, 0.1) is 27.7 Å². The molecular weight excluding hydrogens is 452 g/mol. The van der Waals surface area contributed by atoms with Gasteiger partial charge in [0.05, 0.1) is 19.6 Å². The van der Waals surface area contributed by atoms with Crippen LogP contribution in [0.4, 0.5) is 11.4 Å². The third kappa shape index (κ3) is 8.19. The Bertz CT molecular complexity index is 966. The second kappa shape index (κ2) is 13.2. The van der Waals surface area contributed by atoms with Crippen LogP contribution in [-0.2, 0) is 14.4 Å². The predicted octanol–water partition coefficient (Wildman–Crippen LogP) is 4.64. The van der Waals surface area contributed by atoms with Crippen molar-refractivity contribution in [2.45, 2.75) is 72.3 Å². The molecule has 1 aliphatic rings. The Labute approximate surface area is 215 Å². The first-order chi connectivity index (χ1) is 17.2. The van der Waals surface area contributed by atoms with Gasteiger partial charge in [0.2, 0.25) is 17.7 Å². The predicted molar refractivity (Wildman–Crippen MR) is 145 cm³/mol. The van der Waals surface area contributed by atoms with Crippen LogP contribution in [0.5, 0.6) is 0 Å². The molecule has 7 heteroatoms. The van der Waals surface area contributed by atoms with Gasteiger partial charge in [0.1, 0.15) is 0 Å². The molecule has 1 aliphatic carbocycles. The van der Waals surface area contributed by atoms with Gasteiger partial charge < -0.3 is 16.0 Å². The lowest BCUT2D eigenvalue weighted by Crippen LogP contribution is -2.46. The number of nitrogens with one attached hydrogen (secondary N) is 3. The van der Waals surface area contributed by atoms with E-state index in [1.165, 1.54) is 12.8 Å². The number of aryl methyl sites for hydroxylation is 4. The van der Waals surface area contributed by atoms with E-state index < -0.39 is 0 Å². The van der Waals surface area contributed by atoms with E-state index in [0.29, 0.717) is 0 Å². The van der Waals surface area contributed by atoms with Crippen LogP contribution < -0.4 is 16.0 Å². The number of amides is 3. The molecule has 3 rings (SSSR count). The Kier molecular flexibility index (Phi) is 10.1. The van der Waals surface area contributed by atoms with Crippen LogP contribution in [0.3, 0.4) is 0 Å². The first-order valence-electron chi connectivity index (χ1n) is 13.0. The maximum absolute atomic E-state index is 13.0. The molecular formula is C29H40N4O3. The normalized spacial score (nSPS) is 14.2. The van der Waals surface area contributed by atoms with E-state index in [2.05, 4.69) is 16.0 Å². The number of benzene rings is 2. The van der Waals surface area contributed by atoms with E-state index in [1.54, 1.807) is 4.90 Å². The summed E-state index contributed by atoms with van der Waals surface area (Å²) in [6.07, 6.45) is 6.60. The fourth-order valence-electron chi connectivity index (χ4n) is 4.86. The number of para-hydroxylation sites is 2. The standard InChI is InChI=1S/C29H40N4O3/c1-20-11-9-12-21(2)28(20)31-26(35)18-33(17-25(34)30-24-15-7-5-6-8-16-24)19-27(36)32-29-22(3)13-10-14-23(29)4/h9-14,24H,5-8,15-19H2,1-4H3,(H,30,34)(H,31,35)(H,32,36). The lowest BCUT2D eigenvalue weighted by atomic mass is 10.1. The van der Waals surface area contributed by atoms with E-state index in [1.807, 2.05) is 64.1 Å². The second-order valence-electron chi connectivity index (χ2n) is 10.0. The van der Waals surface area contributed by atoms with Crippen molar-refractivity contribution < 1.29 is 14.4 Å². The molecule has 0 bridgehead atoms. The van der Waals surface area contributed by atoms with Crippen LogP contribution in [0.25, 0.3) is 0 Å². The van der Waals surface area contributed by atoms with E-state index in [9.17, 15) is 14.4 Å². The first kappa shape index (κ1) is 27.4. The molecule has 36 heavy (non-hydrogen) atoms. The van der Waals surface area contributed by atoms with Crippen LogP contribution in [0.1, 0.15) is 60.8 Å². The molecule has 7 nitrogen and oxygen atoms in total. The molecule has 2 aromatic carbocycles. The van der Waals surface area contributed by atoms with Crippen molar-refractivity contribution in [3.63, 3.8) is 0 Å². The Balaban J connectivity index is 1.68. The van der Waals surface area contributed by atoms with Gasteiger partial charge in [-0.2, -0.15) is 0 Å². The summed E-state index contributed by atoms with van der Waals surface area (Å²) < 4.78 is 0. The van der Waals surface area contributed by atoms with Crippen LogP contribution in [0.2, 0.25) is 0 Å². The quantitative estimate of drug-likeness (QED) is 0.445. The summed E-state index contributed by atoms with van der Waals surface area (Å²) in [7, 11) is 0. The molecule has 0 unspecified atom stereocenters. The molecule has 0 aromatic heterocycles. The van der Waals surface area contributed by atoms with E-state index in [-0.39, 0.29) is 43.4 Å². The molecule has 0 atom stereocenters. The fraction of sp³-hybridized carbons (Fsp3) is 0.483. The van der Waals surface area contributed by atoms with Gasteiger partial charge in [0.15, 0.2) is 0 Å². The van der Waals surface area contributed by atoms with Crippen molar-refractivity contribution in [1.29, 1.82) is 0 Å². The Morgan fingerprint density at radius 2 is 1.06 bits per heavy atom. The van der Waals surface area contributed by atoms with E-state index >= 15 is 0 Å². The Morgan fingerprint density at radius 3 is 1.47 bits per heavy atom. The van der Waals surface area contributed by atoms with Crippen molar-refractivity contribution in [1.82, 2.24) is 10.2 Å². The summed E-state index contributed by atoms with van der Waals surface area (Å²) in [5.74, 6) is -0.661. The molecule has 194 valence electrons. The minimum Gasteiger partial charge on any atom is -0.352 e. The molecule has 1 fully saturated rings. The lowest BCUT2D eigenvalue weighted by Gasteiger charge is -2.24. The molecule has 0 heterocycles. The van der Waals surface area contributed by atoms with Gasteiger partial charge in [0, 0.05) is 17.4 Å². The maximum atomic E-state index is 13.0. The molecule has 0 aliphatic heterocycles. The third-order valence-corrected chi connectivity index (χ3v) is 6.81. The molecule has 0 spiro atoms. The van der Waals surface area contributed by atoms with Crippen molar-refractivity contribution >= 4 is 29.1 Å². The van der Waals surface area contributed by atoms with Crippen molar-refractivity contribution in [2.24, 2.45) is 0 Å². The van der Waals surface area contributed by atoms with Gasteiger partial charge in [-0.15, -0.1) is 0 Å². The summed E-state index contributed by atoms with van der Waals surface area (Å²) in [5.41, 5.74) is 5.40. The summed E-state index contributed by atoms with van der Waals surface area (Å²) in [4.78, 5) is 40.5. The molecule has 0 radical (unpaired) electrons. The van der Waals surface area contributed by atoms with Crippen LogP contribution in [0.15, 0.2) is 36.4 Å². The first-order valence-corrected chi connectivity index (χ1v) is 13.0. The highest BCUT2D eigenvalue weighted by molar-refractivity contribution is 5.96. The summed E-state index contributed by atoms with van der Waals surface area (Å²) in [5, 5.41) is 9.07. The summed E-state index contributed by atoms with van der Waals surface area (Å²) in [6.45, 7) is 7.63. The van der Waals surface area contributed by atoms with E-state index in [0.717, 1.165) is 59.3 Å². The lowest BCUT2D eigenvalue weighted by molar-refractivity contribution is -0.125. The van der Waals surface area contributed by atoms with Crippen molar-refractivity contribution in [2.75, 3.05) is 30.3 Å². The Morgan fingerprint density at radius 1 is 0.667 bits per heavy atom. The molecule has 3 amide bonds. The molecule has 1 saturated carbocycles. The number of nitrogens with zero attached hydrogens (tertiary/aromatic N) is 1. The zero-order valence-electron chi connectivity index (χ0n) is 22.1. The minimum absolute atomic E-state index is 0.0170.